The molecule has 5 nitrogen and oxygen atoms in total. The van der Waals surface area contributed by atoms with Crippen molar-refractivity contribution in [2.24, 2.45) is 0 Å². The van der Waals surface area contributed by atoms with E-state index in [1.165, 1.54) is 6.92 Å². The van der Waals surface area contributed by atoms with Crippen molar-refractivity contribution in [3.8, 4) is 0 Å². The Kier molecular flexibility index (Phi) is 2.17. The molecule has 1 fully saturated rings. The summed E-state index contributed by atoms with van der Waals surface area (Å²) in [6.07, 6.45) is -3.25. The van der Waals surface area contributed by atoms with Gasteiger partial charge in [-0.1, -0.05) is 0 Å². The van der Waals surface area contributed by atoms with Gasteiger partial charge in [-0.05, 0) is 6.92 Å². The summed E-state index contributed by atoms with van der Waals surface area (Å²) in [6, 6.07) is 0. The van der Waals surface area contributed by atoms with E-state index in [1.54, 1.807) is 0 Å². The fourth-order valence-electron chi connectivity index (χ4n) is 1.12. The van der Waals surface area contributed by atoms with E-state index in [9.17, 15) is 5.11 Å². The van der Waals surface area contributed by atoms with Crippen LogP contribution in [0.5, 0.6) is 0 Å². The van der Waals surface area contributed by atoms with Gasteiger partial charge in [-0.15, -0.1) is 0 Å². The van der Waals surface area contributed by atoms with Crippen LogP contribution in [0.15, 0.2) is 0 Å². The van der Waals surface area contributed by atoms with Crippen molar-refractivity contribution in [2.75, 3.05) is 6.61 Å². The van der Waals surface area contributed by atoms with Crippen molar-refractivity contribution < 1.29 is 25.2 Å². The maximum Gasteiger partial charge on any atom is 0.219 e. The fraction of sp³-hybridized carbons (Fsp3) is 1.00. The van der Waals surface area contributed by atoms with Gasteiger partial charge in [0.05, 0.1) is 12.7 Å². The summed E-state index contributed by atoms with van der Waals surface area (Å²) in [5.74, 6) is -2.00. The SMILES string of the molecule is C[C@H]1O[C@@](O)(CO)C(O)C1O. The monoisotopic (exact) mass is 164 g/mol. The number of hydrogen-bond donors (Lipinski definition) is 4. The first-order valence-electron chi connectivity index (χ1n) is 3.38. The Morgan fingerprint density at radius 2 is 2.00 bits per heavy atom. The van der Waals surface area contributed by atoms with E-state index < -0.39 is 30.7 Å². The van der Waals surface area contributed by atoms with E-state index in [2.05, 4.69) is 0 Å². The fourth-order valence-corrected chi connectivity index (χ4v) is 1.12. The lowest BCUT2D eigenvalue weighted by molar-refractivity contribution is -0.243. The van der Waals surface area contributed by atoms with Crippen molar-refractivity contribution in [2.45, 2.75) is 31.0 Å². The standard InChI is InChI=1S/C6H12O5/c1-3-4(8)5(9)6(10,2-7)11-3/h3-5,7-10H,2H2,1H3/t3-,4?,5?,6+/m1/s1. The van der Waals surface area contributed by atoms with Crippen LogP contribution in [-0.4, -0.2) is 51.1 Å². The average Bonchev–Trinajstić information content (AvgIpc) is 2.17. The molecule has 0 spiro atoms. The minimum atomic E-state index is -2.00. The molecule has 2 unspecified atom stereocenters. The van der Waals surface area contributed by atoms with Gasteiger partial charge in [0.25, 0.3) is 0 Å². The number of aliphatic hydroxyl groups is 4. The molecule has 0 bridgehead atoms. The molecule has 4 atom stereocenters. The second kappa shape index (κ2) is 2.69. The van der Waals surface area contributed by atoms with Crippen LogP contribution in [0.3, 0.4) is 0 Å². The third kappa shape index (κ3) is 1.25. The zero-order chi connectivity index (χ0) is 8.65. The van der Waals surface area contributed by atoms with Crippen molar-refractivity contribution in [3.05, 3.63) is 0 Å². The minimum Gasteiger partial charge on any atom is -0.391 e. The van der Waals surface area contributed by atoms with Crippen molar-refractivity contribution in [1.82, 2.24) is 0 Å². The first kappa shape index (κ1) is 8.89. The van der Waals surface area contributed by atoms with Gasteiger partial charge in [-0.25, -0.2) is 0 Å². The molecular formula is C6H12O5. The molecule has 1 aliphatic heterocycles. The van der Waals surface area contributed by atoms with E-state index in [0.29, 0.717) is 0 Å². The Bertz CT molecular complexity index is 150. The molecule has 0 aromatic rings. The Morgan fingerprint density at radius 3 is 2.18 bits per heavy atom. The second-order valence-corrected chi connectivity index (χ2v) is 2.76. The van der Waals surface area contributed by atoms with Gasteiger partial charge in [0.2, 0.25) is 5.79 Å². The molecule has 0 aliphatic carbocycles. The highest BCUT2D eigenvalue weighted by molar-refractivity contribution is 4.93. The lowest BCUT2D eigenvalue weighted by atomic mass is 10.1. The predicted octanol–water partition coefficient (Wildman–Crippen LogP) is -2.19. The Hall–Kier alpha value is -0.200. The van der Waals surface area contributed by atoms with Crippen LogP contribution in [0.25, 0.3) is 0 Å². The molecule has 0 aromatic heterocycles. The average molecular weight is 164 g/mol. The van der Waals surface area contributed by atoms with Gasteiger partial charge < -0.3 is 25.2 Å². The highest BCUT2D eigenvalue weighted by atomic mass is 16.7. The summed E-state index contributed by atoms with van der Waals surface area (Å²) in [5.41, 5.74) is 0. The summed E-state index contributed by atoms with van der Waals surface area (Å²) in [6.45, 7) is 0.775. The normalized spacial score (nSPS) is 51.5. The molecule has 1 aliphatic rings. The smallest absolute Gasteiger partial charge is 0.219 e. The van der Waals surface area contributed by atoms with Crippen LogP contribution in [-0.2, 0) is 4.74 Å². The molecule has 1 rings (SSSR count). The lowest BCUT2D eigenvalue weighted by Crippen LogP contribution is -2.46. The molecule has 66 valence electrons. The minimum absolute atomic E-state index is 0.665. The molecular weight excluding hydrogens is 152 g/mol. The second-order valence-electron chi connectivity index (χ2n) is 2.76. The summed E-state index contributed by atoms with van der Waals surface area (Å²) in [5, 5.41) is 36.0. The molecule has 0 aromatic carbocycles. The number of rotatable bonds is 1. The van der Waals surface area contributed by atoms with Crippen molar-refractivity contribution in [1.29, 1.82) is 0 Å². The number of ether oxygens (including phenoxy) is 1. The van der Waals surface area contributed by atoms with Gasteiger partial charge in [-0.3, -0.25) is 0 Å². The molecule has 0 radical (unpaired) electrons. The van der Waals surface area contributed by atoms with Gasteiger partial charge in [0.15, 0.2) is 0 Å². The van der Waals surface area contributed by atoms with Crippen LogP contribution in [0.2, 0.25) is 0 Å². The molecule has 4 N–H and O–H groups in total. The summed E-state index contributed by atoms with van der Waals surface area (Å²) >= 11 is 0. The van der Waals surface area contributed by atoms with Crippen LogP contribution in [0.1, 0.15) is 6.92 Å². The molecule has 5 heteroatoms. The zero-order valence-corrected chi connectivity index (χ0v) is 6.14. The Morgan fingerprint density at radius 1 is 1.45 bits per heavy atom. The Labute approximate surface area is 63.8 Å². The van der Waals surface area contributed by atoms with Gasteiger partial charge in [-0.2, -0.15) is 0 Å². The van der Waals surface area contributed by atoms with Crippen LogP contribution in [0.4, 0.5) is 0 Å². The van der Waals surface area contributed by atoms with Gasteiger partial charge in [0, 0.05) is 0 Å². The van der Waals surface area contributed by atoms with Gasteiger partial charge in [0.1, 0.15) is 12.2 Å². The summed E-state index contributed by atoms with van der Waals surface area (Å²) < 4.78 is 4.73. The molecule has 0 amide bonds. The first-order valence-corrected chi connectivity index (χ1v) is 3.38. The van der Waals surface area contributed by atoms with E-state index in [1.807, 2.05) is 0 Å². The van der Waals surface area contributed by atoms with E-state index in [-0.39, 0.29) is 0 Å². The molecule has 11 heavy (non-hydrogen) atoms. The van der Waals surface area contributed by atoms with Crippen LogP contribution in [0, 0.1) is 0 Å². The van der Waals surface area contributed by atoms with Crippen molar-refractivity contribution in [3.63, 3.8) is 0 Å². The highest BCUT2D eigenvalue weighted by Gasteiger charge is 2.51. The molecule has 0 saturated carbocycles. The van der Waals surface area contributed by atoms with Crippen molar-refractivity contribution >= 4 is 0 Å². The summed E-state index contributed by atoms with van der Waals surface area (Å²) in [7, 11) is 0. The van der Waals surface area contributed by atoms with Gasteiger partial charge >= 0.3 is 0 Å². The third-order valence-electron chi connectivity index (χ3n) is 1.88. The maximum atomic E-state index is 9.23. The maximum absolute atomic E-state index is 9.23. The van der Waals surface area contributed by atoms with E-state index in [4.69, 9.17) is 20.1 Å². The summed E-state index contributed by atoms with van der Waals surface area (Å²) in [4.78, 5) is 0. The van der Waals surface area contributed by atoms with E-state index in [0.717, 1.165) is 0 Å². The highest BCUT2D eigenvalue weighted by Crippen LogP contribution is 2.28. The first-order chi connectivity index (χ1) is 5.01. The van der Waals surface area contributed by atoms with E-state index >= 15 is 0 Å². The van der Waals surface area contributed by atoms with Crippen LogP contribution < -0.4 is 0 Å². The molecule has 1 heterocycles. The number of aliphatic hydroxyl groups excluding tert-OH is 3. The van der Waals surface area contributed by atoms with Crippen LogP contribution >= 0.6 is 0 Å². The topological polar surface area (TPSA) is 90.2 Å². The quantitative estimate of drug-likeness (QED) is 0.353. The lowest BCUT2D eigenvalue weighted by Gasteiger charge is -2.22. The third-order valence-corrected chi connectivity index (χ3v) is 1.88. The molecule has 1 saturated heterocycles. The zero-order valence-electron chi connectivity index (χ0n) is 6.14. The predicted molar refractivity (Wildman–Crippen MR) is 34.6 cm³/mol. The number of hydrogen-bond acceptors (Lipinski definition) is 5. The largest absolute Gasteiger partial charge is 0.391 e. The Balaban J connectivity index is 2.73.